The Labute approximate surface area is 58.9 Å². The maximum atomic E-state index is 4.75. The van der Waals surface area contributed by atoms with Gasteiger partial charge in [-0.2, -0.15) is 4.98 Å². The highest BCUT2D eigenvalue weighted by atomic mass is 16.5. The minimum absolute atomic E-state index is 0.442. The Morgan fingerprint density at radius 2 is 2.60 bits per heavy atom. The van der Waals surface area contributed by atoms with E-state index >= 15 is 0 Å². The number of aromatic nitrogens is 2. The summed E-state index contributed by atoms with van der Waals surface area (Å²) in [4.78, 5) is 3.91. The normalized spacial score (nSPS) is 9.30. The third kappa shape index (κ3) is 1.58. The fourth-order valence-electron chi connectivity index (χ4n) is 0.528. The van der Waals surface area contributed by atoms with Gasteiger partial charge in [0.25, 0.3) is 0 Å². The molecule has 10 heavy (non-hydrogen) atoms. The number of aryl methyl sites for hydroxylation is 1. The molecule has 1 rings (SSSR count). The zero-order valence-corrected chi connectivity index (χ0v) is 5.79. The molecule has 0 bridgehead atoms. The van der Waals surface area contributed by atoms with E-state index in [1.807, 2.05) is 0 Å². The van der Waals surface area contributed by atoms with E-state index in [9.17, 15) is 0 Å². The van der Waals surface area contributed by atoms with Crippen LogP contribution in [0.2, 0.25) is 0 Å². The van der Waals surface area contributed by atoms with Crippen LogP contribution in [0.1, 0.15) is 5.82 Å². The Kier molecular flexibility index (Phi) is 2.04. The van der Waals surface area contributed by atoms with Crippen molar-refractivity contribution in [1.82, 2.24) is 10.1 Å². The first-order valence-electron chi connectivity index (χ1n) is 2.98. The molecule has 0 unspecified atom stereocenters. The number of anilines is 1. The fourth-order valence-corrected chi connectivity index (χ4v) is 0.528. The molecular formula is C6H9N3O. The summed E-state index contributed by atoms with van der Waals surface area (Å²) in [5.41, 5.74) is 0. The maximum Gasteiger partial charge on any atom is 0.321 e. The average molecular weight is 139 g/mol. The summed E-state index contributed by atoms with van der Waals surface area (Å²) in [7, 11) is 0. The smallest absolute Gasteiger partial charge is 0.321 e. The van der Waals surface area contributed by atoms with E-state index < -0.39 is 0 Å². The zero-order valence-electron chi connectivity index (χ0n) is 5.79. The van der Waals surface area contributed by atoms with Gasteiger partial charge in [-0.15, -0.1) is 6.58 Å². The zero-order chi connectivity index (χ0) is 7.40. The van der Waals surface area contributed by atoms with Gasteiger partial charge in [-0.1, -0.05) is 11.2 Å². The maximum absolute atomic E-state index is 4.75. The molecule has 0 aromatic carbocycles. The molecule has 1 aromatic heterocycles. The van der Waals surface area contributed by atoms with E-state index in [1.54, 1.807) is 13.0 Å². The van der Waals surface area contributed by atoms with Gasteiger partial charge in [-0.05, 0) is 6.92 Å². The van der Waals surface area contributed by atoms with Crippen molar-refractivity contribution in [2.24, 2.45) is 0 Å². The molecule has 1 heterocycles. The summed E-state index contributed by atoms with van der Waals surface area (Å²) in [5, 5.41) is 6.44. The van der Waals surface area contributed by atoms with Gasteiger partial charge in [-0.25, -0.2) is 0 Å². The monoisotopic (exact) mass is 139 g/mol. The van der Waals surface area contributed by atoms with Gasteiger partial charge in [0.2, 0.25) is 0 Å². The van der Waals surface area contributed by atoms with Crippen LogP contribution < -0.4 is 5.32 Å². The van der Waals surface area contributed by atoms with Crippen LogP contribution in [0.4, 0.5) is 6.01 Å². The van der Waals surface area contributed by atoms with Crippen molar-refractivity contribution >= 4 is 6.01 Å². The first-order chi connectivity index (χ1) is 4.83. The lowest BCUT2D eigenvalue weighted by atomic mass is 10.6. The van der Waals surface area contributed by atoms with Crippen LogP contribution in [0.15, 0.2) is 17.2 Å². The largest absolute Gasteiger partial charge is 0.334 e. The topological polar surface area (TPSA) is 51.0 Å². The molecular weight excluding hydrogens is 130 g/mol. The molecule has 4 heteroatoms. The van der Waals surface area contributed by atoms with Gasteiger partial charge in [0.05, 0.1) is 0 Å². The van der Waals surface area contributed by atoms with Crippen LogP contribution in [-0.4, -0.2) is 16.7 Å². The van der Waals surface area contributed by atoms with Crippen molar-refractivity contribution in [1.29, 1.82) is 0 Å². The van der Waals surface area contributed by atoms with Crippen molar-refractivity contribution in [3.8, 4) is 0 Å². The Balaban J connectivity index is 2.49. The second-order valence-electron chi connectivity index (χ2n) is 1.82. The third-order valence-corrected chi connectivity index (χ3v) is 0.925. The van der Waals surface area contributed by atoms with Crippen molar-refractivity contribution < 1.29 is 4.52 Å². The summed E-state index contributed by atoms with van der Waals surface area (Å²) in [6.07, 6.45) is 1.72. The molecule has 54 valence electrons. The summed E-state index contributed by atoms with van der Waals surface area (Å²) >= 11 is 0. The van der Waals surface area contributed by atoms with Crippen LogP contribution >= 0.6 is 0 Å². The standard InChI is InChI=1S/C6H9N3O/c1-3-4-7-6-8-5(2)9-10-6/h3H,1,4H2,2H3,(H,7,8,9). The number of hydrogen-bond donors (Lipinski definition) is 1. The molecule has 0 aliphatic heterocycles. The van der Waals surface area contributed by atoms with Crippen LogP contribution in [-0.2, 0) is 0 Å². The van der Waals surface area contributed by atoms with Gasteiger partial charge >= 0.3 is 6.01 Å². The summed E-state index contributed by atoms with van der Waals surface area (Å²) in [5.74, 6) is 0.631. The van der Waals surface area contributed by atoms with Crippen molar-refractivity contribution in [2.45, 2.75) is 6.92 Å². The van der Waals surface area contributed by atoms with Gasteiger partial charge in [0.15, 0.2) is 5.82 Å². The van der Waals surface area contributed by atoms with E-state index in [-0.39, 0.29) is 0 Å². The molecule has 4 nitrogen and oxygen atoms in total. The Bertz CT molecular complexity index is 219. The Hall–Kier alpha value is -1.32. The molecule has 0 saturated heterocycles. The van der Waals surface area contributed by atoms with Crippen LogP contribution in [0.3, 0.4) is 0 Å². The van der Waals surface area contributed by atoms with Gasteiger partial charge in [-0.3, -0.25) is 0 Å². The second kappa shape index (κ2) is 3.00. The minimum atomic E-state index is 0.442. The Morgan fingerprint density at radius 1 is 1.80 bits per heavy atom. The van der Waals surface area contributed by atoms with Crippen LogP contribution in [0.25, 0.3) is 0 Å². The molecule has 0 radical (unpaired) electrons. The molecule has 0 fully saturated rings. The van der Waals surface area contributed by atoms with Gasteiger partial charge < -0.3 is 9.84 Å². The molecule has 1 N–H and O–H groups in total. The molecule has 0 saturated carbocycles. The van der Waals surface area contributed by atoms with Crippen molar-refractivity contribution in [2.75, 3.05) is 11.9 Å². The van der Waals surface area contributed by atoms with E-state index in [2.05, 4.69) is 22.0 Å². The summed E-state index contributed by atoms with van der Waals surface area (Å²) in [6, 6.07) is 0.442. The van der Waals surface area contributed by atoms with E-state index in [0.29, 0.717) is 18.4 Å². The highest BCUT2D eigenvalue weighted by Crippen LogP contribution is 2.00. The number of nitrogens with zero attached hydrogens (tertiary/aromatic N) is 2. The number of nitrogens with one attached hydrogen (secondary N) is 1. The molecule has 0 spiro atoms. The lowest BCUT2D eigenvalue weighted by Gasteiger charge is -1.90. The lowest BCUT2D eigenvalue weighted by molar-refractivity contribution is 0.426. The second-order valence-corrected chi connectivity index (χ2v) is 1.82. The minimum Gasteiger partial charge on any atom is -0.334 e. The highest BCUT2D eigenvalue weighted by molar-refractivity contribution is 5.18. The summed E-state index contributed by atoms with van der Waals surface area (Å²) < 4.78 is 4.75. The van der Waals surface area contributed by atoms with E-state index in [1.165, 1.54) is 0 Å². The van der Waals surface area contributed by atoms with Crippen LogP contribution in [0.5, 0.6) is 0 Å². The van der Waals surface area contributed by atoms with Crippen LogP contribution in [0, 0.1) is 6.92 Å². The lowest BCUT2D eigenvalue weighted by Crippen LogP contribution is -1.97. The molecule has 0 atom stereocenters. The predicted molar refractivity (Wildman–Crippen MR) is 37.7 cm³/mol. The predicted octanol–water partition coefficient (Wildman–Crippen LogP) is 0.976. The Morgan fingerprint density at radius 3 is 3.10 bits per heavy atom. The molecule has 0 aliphatic carbocycles. The molecule has 0 amide bonds. The number of hydrogen-bond acceptors (Lipinski definition) is 4. The SMILES string of the molecule is C=CCNc1nc(C)no1. The number of rotatable bonds is 3. The fraction of sp³-hybridized carbons (Fsp3) is 0.333. The van der Waals surface area contributed by atoms with Gasteiger partial charge in [0, 0.05) is 6.54 Å². The molecule has 1 aromatic rings. The first-order valence-corrected chi connectivity index (χ1v) is 2.98. The third-order valence-electron chi connectivity index (χ3n) is 0.925. The molecule has 0 aliphatic rings. The van der Waals surface area contributed by atoms with E-state index in [0.717, 1.165) is 0 Å². The summed E-state index contributed by atoms with van der Waals surface area (Å²) in [6.45, 7) is 5.94. The van der Waals surface area contributed by atoms with Gasteiger partial charge in [0.1, 0.15) is 0 Å². The highest BCUT2D eigenvalue weighted by Gasteiger charge is 1.97. The first kappa shape index (κ1) is 6.80. The van der Waals surface area contributed by atoms with Crippen molar-refractivity contribution in [3.05, 3.63) is 18.5 Å². The quantitative estimate of drug-likeness (QED) is 0.634. The van der Waals surface area contributed by atoms with Crippen molar-refractivity contribution in [3.63, 3.8) is 0 Å². The average Bonchev–Trinajstić information content (AvgIpc) is 2.31. The van der Waals surface area contributed by atoms with E-state index in [4.69, 9.17) is 4.52 Å².